The van der Waals surface area contributed by atoms with Gasteiger partial charge in [-0.05, 0) is 54.0 Å². The number of aryl methyl sites for hydroxylation is 1. The highest BCUT2D eigenvalue weighted by atomic mass is 79.9. The first kappa shape index (κ1) is 15.1. The Kier molecular flexibility index (Phi) is 4.84. The summed E-state index contributed by atoms with van der Waals surface area (Å²) in [5.74, 6) is 0.447. The maximum atomic E-state index is 12.7. The van der Waals surface area contributed by atoms with Crippen LogP contribution in [-0.2, 0) is 0 Å². The van der Waals surface area contributed by atoms with E-state index in [1.54, 1.807) is 18.2 Å². The van der Waals surface area contributed by atoms with Gasteiger partial charge in [0.15, 0.2) is 5.78 Å². The Balaban J connectivity index is 2.52. The highest BCUT2D eigenvalue weighted by Gasteiger charge is 2.18. The summed E-state index contributed by atoms with van der Waals surface area (Å²) >= 11 is 9.53. The fraction of sp³-hybridized carbons (Fsp3) is 0.188. The summed E-state index contributed by atoms with van der Waals surface area (Å²) in [4.78, 5) is 12.7. The fourth-order valence-corrected chi connectivity index (χ4v) is 2.50. The Morgan fingerprint density at radius 3 is 2.70 bits per heavy atom. The summed E-state index contributed by atoms with van der Waals surface area (Å²) in [5.41, 5.74) is 2.00. The van der Waals surface area contributed by atoms with Crippen LogP contribution in [0.15, 0.2) is 40.9 Å². The number of benzene rings is 2. The SMILES string of the molecule is CCOc1ccc(C)cc1C(=O)c1cccc(Br)c1Cl. The topological polar surface area (TPSA) is 26.3 Å². The molecule has 2 rings (SSSR count). The van der Waals surface area contributed by atoms with Crippen molar-refractivity contribution in [2.24, 2.45) is 0 Å². The molecule has 0 saturated carbocycles. The molecular formula is C16H14BrClO2. The zero-order valence-corrected chi connectivity index (χ0v) is 13.6. The van der Waals surface area contributed by atoms with Crippen molar-refractivity contribution >= 4 is 33.3 Å². The number of ether oxygens (including phenoxy) is 1. The first-order chi connectivity index (χ1) is 9.54. The van der Waals surface area contributed by atoms with Crippen molar-refractivity contribution in [3.63, 3.8) is 0 Å². The second-order valence-corrected chi connectivity index (χ2v) is 5.60. The van der Waals surface area contributed by atoms with Gasteiger partial charge in [-0.15, -0.1) is 0 Å². The van der Waals surface area contributed by atoms with E-state index in [4.69, 9.17) is 16.3 Å². The van der Waals surface area contributed by atoms with E-state index >= 15 is 0 Å². The summed E-state index contributed by atoms with van der Waals surface area (Å²) in [6.07, 6.45) is 0. The molecule has 0 unspecified atom stereocenters. The van der Waals surface area contributed by atoms with Gasteiger partial charge >= 0.3 is 0 Å². The Labute approximate surface area is 131 Å². The zero-order chi connectivity index (χ0) is 14.7. The van der Waals surface area contributed by atoms with E-state index in [1.165, 1.54) is 0 Å². The number of carbonyl (C=O) groups is 1. The molecular weight excluding hydrogens is 340 g/mol. The summed E-state index contributed by atoms with van der Waals surface area (Å²) in [6.45, 7) is 4.34. The fourth-order valence-electron chi connectivity index (χ4n) is 1.93. The molecule has 0 spiro atoms. The normalized spacial score (nSPS) is 10.4. The van der Waals surface area contributed by atoms with Crippen LogP contribution in [0.2, 0.25) is 5.02 Å². The number of halogens is 2. The van der Waals surface area contributed by atoms with Crippen LogP contribution in [0.1, 0.15) is 28.4 Å². The standard InChI is InChI=1S/C16H14BrClO2/c1-3-20-14-8-7-10(2)9-12(14)16(19)11-5-4-6-13(17)15(11)18/h4-9H,3H2,1-2H3. The van der Waals surface area contributed by atoms with E-state index in [2.05, 4.69) is 15.9 Å². The minimum absolute atomic E-state index is 0.136. The molecule has 0 fully saturated rings. The van der Waals surface area contributed by atoms with Crippen molar-refractivity contribution < 1.29 is 9.53 Å². The molecule has 20 heavy (non-hydrogen) atoms. The van der Waals surface area contributed by atoms with E-state index in [1.807, 2.05) is 32.0 Å². The van der Waals surface area contributed by atoms with Gasteiger partial charge in [-0.25, -0.2) is 0 Å². The zero-order valence-electron chi connectivity index (χ0n) is 11.2. The lowest BCUT2D eigenvalue weighted by atomic mass is 10.0. The molecule has 2 nitrogen and oxygen atoms in total. The predicted octanol–water partition coefficient (Wildman–Crippen LogP) is 5.04. The summed E-state index contributed by atoms with van der Waals surface area (Å²) in [5, 5.41) is 0.418. The molecule has 0 aliphatic carbocycles. The second kappa shape index (κ2) is 6.42. The third-order valence-corrected chi connectivity index (χ3v) is 4.17. The van der Waals surface area contributed by atoms with Gasteiger partial charge in [0.25, 0.3) is 0 Å². The Morgan fingerprint density at radius 2 is 2.00 bits per heavy atom. The lowest BCUT2D eigenvalue weighted by Gasteiger charge is -2.11. The average molecular weight is 354 g/mol. The van der Waals surface area contributed by atoms with Crippen LogP contribution >= 0.6 is 27.5 Å². The van der Waals surface area contributed by atoms with Gasteiger partial charge in [0.05, 0.1) is 17.2 Å². The van der Waals surface area contributed by atoms with Gasteiger partial charge in [-0.3, -0.25) is 4.79 Å². The quantitative estimate of drug-likeness (QED) is 0.720. The molecule has 2 aromatic rings. The summed E-state index contributed by atoms with van der Waals surface area (Å²) in [6, 6.07) is 10.9. The van der Waals surface area contributed by atoms with Crippen molar-refractivity contribution in [2.45, 2.75) is 13.8 Å². The number of ketones is 1. The molecule has 0 aliphatic rings. The first-order valence-corrected chi connectivity index (χ1v) is 7.44. The molecule has 0 heterocycles. The first-order valence-electron chi connectivity index (χ1n) is 6.26. The number of hydrogen-bond acceptors (Lipinski definition) is 2. The van der Waals surface area contributed by atoms with E-state index in [9.17, 15) is 4.79 Å². The van der Waals surface area contributed by atoms with Crippen LogP contribution in [-0.4, -0.2) is 12.4 Å². The maximum Gasteiger partial charge on any atom is 0.198 e. The van der Waals surface area contributed by atoms with Crippen molar-refractivity contribution in [1.82, 2.24) is 0 Å². The molecule has 4 heteroatoms. The summed E-state index contributed by atoms with van der Waals surface area (Å²) < 4.78 is 6.23. The largest absolute Gasteiger partial charge is 0.493 e. The van der Waals surface area contributed by atoms with Crippen LogP contribution < -0.4 is 4.74 Å². The van der Waals surface area contributed by atoms with Crippen molar-refractivity contribution in [3.05, 3.63) is 62.6 Å². The van der Waals surface area contributed by atoms with Crippen LogP contribution in [0, 0.1) is 6.92 Å². The van der Waals surface area contributed by atoms with Crippen molar-refractivity contribution in [2.75, 3.05) is 6.61 Å². The number of rotatable bonds is 4. The molecule has 0 saturated heterocycles. The summed E-state index contributed by atoms with van der Waals surface area (Å²) in [7, 11) is 0. The van der Waals surface area contributed by atoms with Crippen molar-refractivity contribution in [3.8, 4) is 5.75 Å². The minimum atomic E-state index is -0.136. The molecule has 0 amide bonds. The van der Waals surface area contributed by atoms with Gasteiger partial charge in [0, 0.05) is 10.0 Å². The van der Waals surface area contributed by atoms with E-state index in [0.29, 0.717) is 33.0 Å². The third-order valence-electron chi connectivity index (χ3n) is 2.88. The van der Waals surface area contributed by atoms with Crippen LogP contribution in [0.5, 0.6) is 5.75 Å². The van der Waals surface area contributed by atoms with Crippen molar-refractivity contribution in [1.29, 1.82) is 0 Å². The van der Waals surface area contributed by atoms with Gasteiger partial charge in [-0.1, -0.05) is 29.3 Å². The molecule has 2 aromatic carbocycles. The highest BCUT2D eigenvalue weighted by Crippen LogP contribution is 2.30. The molecule has 0 radical (unpaired) electrons. The number of carbonyl (C=O) groups excluding carboxylic acids is 1. The average Bonchev–Trinajstić information content (AvgIpc) is 2.43. The molecule has 0 atom stereocenters. The minimum Gasteiger partial charge on any atom is -0.493 e. The van der Waals surface area contributed by atoms with E-state index < -0.39 is 0 Å². The predicted molar refractivity (Wildman–Crippen MR) is 84.9 cm³/mol. The molecule has 0 N–H and O–H groups in total. The van der Waals surface area contributed by atoms with Crippen LogP contribution in [0.25, 0.3) is 0 Å². The maximum absolute atomic E-state index is 12.7. The smallest absolute Gasteiger partial charge is 0.198 e. The molecule has 104 valence electrons. The lowest BCUT2D eigenvalue weighted by Crippen LogP contribution is -2.06. The van der Waals surface area contributed by atoms with Gasteiger partial charge in [0.2, 0.25) is 0 Å². The second-order valence-electron chi connectivity index (χ2n) is 4.36. The van der Waals surface area contributed by atoms with E-state index in [-0.39, 0.29) is 5.78 Å². The Morgan fingerprint density at radius 1 is 1.25 bits per heavy atom. The van der Waals surface area contributed by atoms with Gasteiger partial charge in [-0.2, -0.15) is 0 Å². The highest BCUT2D eigenvalue weighted by molar-refractivity contribution is 9.10. The van der Waals surface area contributed by atoms with Crippen LogP contribution in [0.4, 0.5) is 0 Å². The lowest BCUT2D eigenvalue weighted by molar-refractivity contribution is 0.103. The van der Waals surface area contributed by atoms with Gasteiger partial charge < -0.3 is 4.74 Å². The van der Waals surface area contributed by atoms with E-state index in [0.717, 1.165) is 5.56 Å². The molecule has 0 aliphatic heterocycles. The Bertz CT molecular complexity index is 653. The number of hydrogen-bond donors (Lipinski definition) is 0. The monoisotopic (exact) mass is 352 g/mol. The van der Waals surface area contributed by atoms with Gasteiger partial charge in [0.1, 0.15) is 5.75 Å². The molecule has 0 aromatic heterocycles. The van der Waals surface area contributed by atoms with Crippen LogP contribution in [0.3, 0.4) is 0 Å². The Hall–Kier alpha value is -1.32. The third kappa shape index (κ3) is 3.05. The molecule has 0 bridgehead atoms.